The number of aliphatic carboxylic acids is 1. The van der Waals surface area contributed by atoms with E-state index in [1.54, 1.807) is 4.90 Å². The Kier molecular flexibility index (Phi) is 3.60. The molecule has 2 aromatic heterocycles. The average molecular weight is 301 g/mol. The molecule has 1 saturated heterocycles. The molecule has 1 aliphatic rings. The zero-order valence-electron chi connectivity index (χ0n) is 12.7. The fourth-order valence-corrected chi connectivity index (χ4v) is 3.05. The van der Waals surface area contributed by atoms with E-state index in [2.05, 4.69) is 4.98 Å². The van der Waals surface area contributed by atoms with Gasteiger partial charge in [0.2, 0.25) is 0 Å². The van der Waals surface area contributed by atoms with Crippen LogP contribution in [0, 0.1) is 19.8 Å². The second-order valence-electron chi connectivity index (χ2n) is 5.84. The summed E-state index contributed by atoms with van der Waals surface area (Å²) in [5.41, 5.74) is 3.10. The minimum Gasteiger partial charge on any atom is -0.481 e. The fraction of sp³-hybridized carbons (Fsp3) is 0.438. The van der Waals surface area contributed by atoms with E-state index in [0.29, 0.717) is 37.3 Å². The van der Waals surface area contributed by atoms with Crippen molar-refractivity contribution in [2.75, 3.05) is 13.1 Å². The van der Waals surface area contributed by atoms with Crippen molar-refractivity contribution in [1.82, 2.24) is 14.3 Å². The van der Waals surface area contributed by atoms with Gasteiger partial charge in [-0.25, -0.2) is 4.98 Å². The molecule has 0 bridgehead atoms. The van der Waals surface area contributed by atoms with E-state index >= 15 is 0 Å². The lowest BCUT2D eigenvalue weighted by molar-refractivity contribution is -0.143. The Bertz CT molecular complexity index is 742. The molecule has 2 aromatic rings. The number of hydrogen-bond donors (Lipinski definition) is 1. The van der Waals surface area contributed by atoms with Gasteiger partial charge >= 0.3 is 5.97 Å². The maximum atomic E-state index is 12.8. The molecule has 1 amide bonds. The predicted octanol–water partition coefficient (Wildman–Crippen LogP) is 1.89. The number of carboxylic acid groups (broad SMARTS) is 1. The van der Waals surface area contributed by atoms with E-state index in [9.17, 15) is 9.59 Å². The maximum Gasteiger partial charge on any atom is 0.306 e. The summed E-state index contributed by atoms with van der Waals surface area (Å²) in [6.07, 6.45) is 2.87. The van der Waals surface area contributed by atoms with Crippen molar-refractivity contribution in [2.45, 2.75) is 26.7 Å². The van der Waals surface area contributed by atoms with Crippen LogP contribution in [0.4, 0.5) is 0 Å². The first kappa shape index (κ1) is 14.6. The summed E-state index contributed by atoms with van der Waals surface area (Å²) in [7, 11) is 0. The maximum absolute atomic E-state index is 12.8. The standard InChI is InChI=1S/C16H19N3O3/c1-10-4-3-7-19-13(11(2)17-14(10)19)15(20)18-8-5-12(6-9-18)16(21)22/h3-4,7,12H,5-6,8-9H2,1-2H3,(H,21,22). The Balaban J connectivity index is 1.89. The molecule has 0 atom stereocenters. The minimum atomic E-state index is -0.770. The SMILES string of the molecule is Cc1nc2c(C)cccn2c1C(=O)N1CCC(C(=O)O)CC1. The number of aryl methyl sites for hydroxylation is 2. The van der Waals surface area contributed by atoms with Crippen LogP contribution in [0.3, 0.4) is 0 Å². The number of carbonyl (C=O) groups is 2. The summed E-state index contributed by atoms with van der Waals surface area (Å²) in [6.45, 7) is 4.76. The number of nitrogens with zero attached hydrogens (tertiary/aromatic N) is 3. The van der Waals surface area contributed by atoms with Gasteiger partial charge in [-0.2, -0.15) is 0 Å². The molecule has 0 spiro atoms. The monoisotopic (exact) mass is 301 g/mol. The Morgan fingerprint density at radius 2 is 1.95 bits per heavy atom. The van der Waals surface area contributed by atoms with E-state index < -0.39 is 5.97 Å². The predicted molar refractivity (Wildman–Crippen MR) is 80.9 cm³/mol. The van der Waals surface area contributed by atoms with Gasteiger partial charge in [-0.15, -0.1) is 0 Å². The van der Waals surface area contributed by atoms with Crippen molar-refractivity contribution in [3.05, 3.63) is 35.3 Å². The van der Waals surface area contributed by atoms with Crippen LogP contribution in [0.15, 0.2) is 18.3 Å². The van der Waals surface area contributed by atoms with Crippen molar-refractivity contribution in [3.8, 4) is 0 Å². The molecule has 0 aromatic carbocycles. The smallest absolute Gasteiger partial charge is 0.306 e. The van der Waals surface area contributed by atoms with Crippen LogP contribution in [0.2, 0.25) is 0 Å². The highest BCUT2D eigenvalue weighted by Crippen LogP contribution is 2.22. The van der Waals surface area contributed by atoms with Crippen molar-refractivity contribution in [2.24, 2.45) is 5.92 Å². The number of fused-ring (bicyclic) bond motifs is 1. The van der Waals surface area contributed by atoms with Crippen molar-refractivity contribution < 1.29 is 14.7 Å². The Morgan fingerprint density at radius 1 is 1.27 bits per heavy atom. The number of amides is 1. The lowest BCUT2D eigenvalue weighted by atomic mass is 9.97. The van der Waals surface area contributed by atoms with Gasteiger partial charge in [0.15, 0.2) is 0 Å². The van der Waals surface area contributed by atoms with E-state index in [-0.39, 0.29) is 11.8 Å². The highest BCUT2D eigenvalue weighted by atomic mass is 16.4. The third-order valence-corrected chi connectivity index (χ3v) is 4.35. The molecule has 1 aliphatic heterocycles. The largest absolute Gasteiger partial charge is 0.481 e. The molecular formula is C16H19N3O3. The first-order chi connectivity index (χ1) is 10.5. The van der Waals surface area contributed by atoms with Gasteiger partial charge in [-0.1, -0.05) is 6.07 Å². The molecule has 6 heteroatoms. The first-order valence-corrected chi connectivity index (χ1v) is 7.45. The number of carboxylic acids is 1. The summed E-state index contributed by atoms with van der Waals surface area (Å²) in [4.78, 5) is 30.0. The lowest BCUT2D eigenvalue weighted by Crippen LogP contribution is -2.40. The first-order valence-electron chi connectivity index (χ1n) is 7.45. The van der Waals surface area contributed by atoms with E-state index in [1.165, 1.54) is 0 Å². The van der Waals surface area contributed by atoms with E-state index in [0.717, 1.165) is 11.2 Å². The number of piperidine rings is 1. The molecule has 116 valence electrons. The number of hydrogen-bond acceptors (Lipinski definition) is 3. The molecule has 0 unspecified atom stereocenters. The van der Waals surface area contributed by atoms with E-state index in [4.69, 9.17) is 5.11 Å². The topological polar surface area (TPSA) is 74.9 Å². The van der Waals surface area contributed by atoms with Gasteiger partial charge in [-0.05, 0) is 38.3 Å². The number of likely N-dealkylation sites (tertiary alicyclic amines) is 1. The molecule has 3 rings (SSSR count). The molecule has 22 heavy (non-hydrogen) atoms. The van der Waals surface area contributed by atoms with Crippen LogP contribution in [0.25, 0.3) is 5.65 Å². The number of aromatic nitrogens is 2. The highest BCUT2D eigenvalue weighted by Gasteiger charge is 2.29. The number of carbonyl (C=O) groups excluding carboxylic acids is 1. The molecule has 6 nitrogen and oxygen atoms in total. The zero-order valence-corrected chi connectivity index (χ0v) is 12.7. The Hall–Kier alpha value is -2.37. The third kappa shape index (κ3) is 2.34. The minimum absolute atomic E-state index is 0.0700. The fourth-order valence-electron chi connectivity index (χ4n) is 3.05. The summed E-state index contributed by atoms with van der Waals surface area (Å²) >= 11 is 0. The van der Waals surface area contributed by atoms with Crippen LogP contribution in [-0.2, 0) is 4.79 Å². The van der Waals surface area contributed by atoms with Crippen molar-refractivity contribution in [1.29, 1.82) is 0 Å². The molecule has 1 N–H and O–H groups in total. The lowest BCUT2D eigenvalue weighted by Gasteiger charge is -2.30. The van der Waals surface area contributed by atoms with Gasteiger partial charge < -0.3 is 10.0 Å². The number of rotatable bonds is 2. The van der Waals surface area contributed by atoms with Crippen molar-refractivity contribution >= 4 is 17.5 Å². The zero-order chi connectivity index (χ0) is 15.9. The van der Waals surface area contributed by atoms with Gasteiger partial charge in [-0.3, -0.25) is 14.0 Å². The highest BCUT2D eigenvalue weighted by molar-refractivity contribution is 5.95. The van der Waals surface area contributed by atoms with Gasteiger partial charge in [0.1, 0.15) is 11.3 Å². The van der Waals surface area contributed by atoms with Gasteiger partial charge in [0.25, 0.3) is 5.91 Å². The van der Waals surface area contributed by atoms with Crippen LogP contribution in [-0.4, -0.2) is 44.4 Å². The van der Waals surface area contributed by atoms with Crippen LogP contribution < -0.4 is 0 Å². The molecule has 0 aliphatic carbocycles. The summed E-state index contributed by atoms with van der Waals surface area (Å²) in [5.74, 6) is -1.18. The number of imidazole rings is 1. The second-order valence-corrected chi connectivity index (χ2v) is 5.84. The van der Waals surface area contributed by atoms with Crippen LogP contribution >= 0.6 is 0 Å². The van der Waals surface area contributed by atoms with Gasteiger partial charge in [0, 0.05) is 19.3 Å². The average Bonchev–Trinajstić information content (AvgIpc) is 2.84. The second kappa shape index (κ2) is 5.44. The van der Waals surface area contributed by atoms with Crippen molar-refractivity contribution in [3.63, 3.8) is 0 Å². The normalized spacial score (nSPS) is 16.2. The molecule has 1 fully saturated rings. The molecule has 3 heterocycles. The molecule has 0 saturated carbocycles. The summed E-state index contributed by atoms with van der Waals surface area (Å²) < 4.78 is 1.83. The summed E-state index contributed by atoms with van der Waals surface area (Å²) in [5, 5.41) is 9.05. The molecule has 0 radical (unpaired) electrons. The quantitative estimate of drug-likeness (QED) is 0.919. The van der Waals surface area contributed by atoms with Gasteiger partial charge in [0.05, 0.1) is 11.6 Å². The molecular weight excluding hydrogens is 282 g/mol. The Morgan fingerprint density at radius 3 is 2.59 bits per heavy atom. The Labute approximate surface area is 128 Å². The van der Waals surface area contributed by atoms with E-state index in [1.807, 2.05) is 36.6 Å². The van der Waals surface area contributed by atoms with Crippen LogP contribution in [0.1, 0.15) is 34.6 Å². The number of pyridine rings is 1. The third-order valence-electron chi connectivity index (χ3n) is 4.35. The summed E-state index contributed by atoms with van der Waals surface area (Å²) in [6, 6.07) is 3.87. The van der Waals surface area contributed by atoms with Crippen LogP contribution in [0.5, 0.6) is 0 Å².